The monoisotopic (exact) mass is 234 g/mol. The Morgan fingerprint density at radius 3 is 2.88 bits per heavy atom. The fourth-order valence-electron chi connectivity index (χ4n) is 1.98. The standard InChI is InChI=1S/C12H18N4O/c17-12(16-7-2-1-3-8-16)10-13-9-11-5-4-6-14-15-11/h4-6,13H,1-3,7-10H2. The second kappa shape index (κ2) is 6.30. The largest absolute Gasteiger partial charge is 0.342 e. The summed E-state index contributed by atoms with van der Waals surface area (Å²) < 4.78 is 0. The molecule has 1 aliphatic heterocycles. The summed E-state index contributed by atoms with van der Waals surface area (Å²) in [6.07, 6.45) is 5.16. The minimum Gasteiger partial charge on any atom is -0.342 e. The van der Waals surface area contributed by atoms with Crippen molar-refractivity contribution >= 4 is 5.91 Å². The first-order chi connectivity index (χ1) is 8.36. The number of likely N-dealkylation sites (tertiary alicyclic amines) is 1. The van der Waals surface area contributed by atoms with Gasteiger partial charge in [-0.2, -0.15) is 10.2 Å². The van der Waals surface area contributed by atoms with Gasteiger partial charge in [0.25, 0.3) is 0 Å². The van der Waals surface area contributed by atoms with Crippen LogP contribution >= 0.6 is 0 Å². The van der Waals surface area contributed by atoms with Crippen molar-refractivity contribution < 1.29 is 4.79 Å². The third-order valence-electron chi connectivity index (χ3n) is 2.92. The van der Waals surface area contributed by atoms with Crippen molar-refractivity contribution in [1.82, 2.24) is 20.4 Å². The van der Waals surface area contributed by atoms with E-state index in [0.717, 1.165) is 31.6 Å². The van der Waals surface area contributed by atoms with Gasteiger partial charge in [-0.3, -0.25) is 4.79 Å². The molecule has 0 bridgehead atoms. The molecular formula is C12H18N4O. The lowest BCUT2D eigenvalue weighted by atomic mass is 10.1. The zero-order valence-corrected chi connectivity index (χ0v) is 9.93. The van der Waals surface area contributed by atoms with Gasteiger partial charge in [-0.15, -0.1) is 0 Å². The Labute approximate surface area is 101 Å². The van der Waals surface area contributed by atoms with Crippen molar-refractivity contribution in [3.8, 4) is 0 Å². The second-order valence-corrected chi connectivity index (χ2v) is 4.26. The number of nitrogens with one attached hydrogen (secondary N) is 1. The van der Waals surface area contributed by atoms with Crippen molar-refractivity contribution in [1.29, 1.82) is 0 Å². The fourth-order valence-corrected chi connectivity index (χ4v) is 1.98. The zero-order chi connectivity index (χ0) is 11.9. The highest BCUT2D eigenvalue weighted by Gasteiger charge is 2.15. The first-order valence-corrected chi connectivity index (χ1v) is 6.11. The predicted octanol–water partition coefficient (Wildman–Crippen LogP) is 0.579. The van der Waals surface area contributed by atoms with E-state index in [-0.39, 0.29) is 5.91 Å². The molecule has 0 saturated carbocycles. The summed E-state index contributed by atoms with van der Waals surface area (Å²) in [7, 11) is 0. The summed E-state index contributed by atoms with van der Waals surface area (Å²) in [6.45, 7) is 2.79. The SMILES string of the molecule is O=C(CNCc1cccnn1)N1CCCCC1. The number of amides is 1. The Balaban J connectivity index is 1.69. The van der Waals surface area contributed by atoms with Crippen molar-refractivity contribution in [3.63, 3.8) is 0 Å². The maximum Gasteiger partial charge on any atom is 0.236 e. The molecule has 1 aliphatic rings. The van der Waals surface area contributed by atoms with Gasteiger partial charge in [0.15, 0.2) is 0 Å². The van der Waals surface area contributed by atoms with Gasteiger partial charge in [0.2, 0.25) is 5.91 Å². The summed E-state index contributed by atoms with van der Waals surface area (Å²) in [5, 5.41) is 10.8. The summed E-state index contributed by atoms with van der Waals surface area (Å²) >= 11 is 0. The molecular weight excluding hydrogens is 216 g/mol. The molecule has 5 nitrogen and oxygen atoms in total. The van der Waals surface area contributed by atoms with Crippen LogP contribution in [0.2, 0.25) is 0 Å². The lowest BCUT2D eigenvalue weighted by Crippen LogP contribution is -2.41. The first-order valence-electron chi connectivity index (χ1n) is 6.11. The Morgan fingerprint density at radius 2 is 2.18 bits per heavy atom. The van der Waals surface area contributed by atoms with Gasteiger partial charge < -0.3 is 10.2 Å². The van der Waals surface area contributed by atoms with Crippen molar-refractivity contribution in [2.24, 2.45) is 0 Å². The molecule has 0 aliphatic carbocycles. The maximum atomic E-state index is 11.8. The molecule has 1 saturated heterocycles. The number of hydrogen-bond donors (Lipinski definition) is 1. The Hall–Kier alpha value is -1.49. The average molecular weight is 234 g/mol. The minimum atomic E-state index is 0.189. The number of carbonyl (C=O) groups is 1. The van der Waals surface area contributed by atoms with Crippen LogP contribution in [0.1, 0.15) is 25.0 Å². The summed E-state index contributed by atoms with van der Waals surface area (Å²) in [5.74, 6) is 0.189. The topological polar surface area (TPSA) is 58.1 Å². The quantitative estimate of drug-likeness (QED) is 0.828. The summed E-state index contributed by atoms with van der Waals surface area (Å²) in [4.78, 5) is 13.8. The van der Waals surface area contributed by atoms with Gasteiger partial charge in [-0.1, -0.05) is 0 Å². The molecule has 1 aromatic rings. The molecule has 0 unspecified atom stereocenters. The third-order valence-corrected chi connectivity index (χ3v) is 2.92. The second-order valence-electron chi connectivity index (χ2n) is 4.26. The molecule has 0 aromatic carbocycles. The molecule has 1 amide bonds. The van der Waals surface area contributed by atoms with Crippen LogP contribution in [-0.4, -0.2) is 40.6 Å². The van der Waals surface area contributed by atoms with Crippen LogP contribution in [0.3, 0.4) is 0 Å². The van der Waals surface area contributed by atoms with Crippen LogP contribution in [0.4, 0.5) is 0 Å². The van der Waals surface area contributed by atoms with Crippen LogP contribution in [-0.2, 0) is 11.3 Å². The van der Waals surface area contributed by atoms with Crippen LogP contribution in [0.15, 0.2) is 18.3 Å². The van der Waals surface area contributed by atoms with E-state index in [9.17, 15) is 4.79 Å². The van der Waals surface area contributed by atoms with Gasteiger partial charge in [0.1, 0.15) is 0 Å². The highest BCUT2D eigenvalue weighted by Crippen LogP contribution is 2.08. The normalized spacial score (nSPS) is 15.9. The molecule has 1 N–H and O–H groups in total. The molecule has 0 spiro atoms. The van der Waals surface area contributed by atoms with Crippen molar-refractivity contribution in [3.05, 3.63) is 24.0 Å². The van der Waals surface area contributed by atoms with E-state index in [0.29, 0.717) is 13.1 Å². The molecule has 2 rings (SSSR count). The van der Waals surface area contributed by atoms with Crippen molar-refractivity contribution in [2.75, 3.05) is 19.6 Å². The number of rotatable bonds is 4. The lowest BCUT2D eigenvalue weighted by molar-refractivity contribution is -0.131. The van der Waals surface area contributed by atoms with E-state index in [2.05, 4.69) is 15.5 Å². The highest BCUT2D eigenvalue weighted by molar-refractivity contribution is 5.78. The van der Waals surface area contributed by atoms with E-state index in [4.69, 9.17) is 0 Å². The van der Waals surface area contributed by atoms with E-state index < -0.39 is 0 Å². The van der Waals surface area contributed by atoms with Gasteiger partial charge >= 0.3 is 0 Å². The molecule has 2 heterocycles. The number of hydrogen-bond acceptors (Lipinski definition) is 4. The maximum absolute atomic E-state index is 11.8. The number of nitrogens with zero attached hydrogens (tertiary/aromatic N) is 3. The third kappa shape index (κ3) is 3.78. The van der Waals surface area contributed by atoms with Crippen LogP contribution in [0, 0.1) is 0 Å². The Bertz CT molecular complexity index is 349. The van der Waals surface area contributed by atoms with Crippen LogP contribution < -0.4 is 5.32 Å². The molecule has 92 valence electrons. The molecule has 0 atom stereocenters. The highest BCUT2D eigenvalue weighted by atomic mass is 16.2. The molecule has 0 radical (unpaired) electrons. The minimum absolute atomic E-state index is 0.189. The van der Waals surface area contributed by atoms with E-state index in [1.54, 1.807) is 6.20 Å². The lowest BCUT2D eigenvalue weighted by Gasteiger charge is -2.26. The van der Waals surface area contributed by atoms with E-state index in [1.165, 1.54) is 6.42 Å². The van der Waals surface area contributed by atoms with Crippen LogP contribution in [0.25, 0.3) is 0 Å². The van der Waals surface area contributed by atoms with E-state index in [1.807, 2.05) is 17.0 Å². The molecule has 5 heteroatoms. The molecule has 1 fully saturated rings. The number of piperidine rings is 1. The summed E-state index contributed by atoms with van der Waals surface area (Å²) in [5.41, 5.74) is 0.860. The molecule has 1 aromatic heterocycles. The number of carbonyl (C=O) groups excluding carboxylic acids is 1. The van der Waals surface area contributed by atoms with Gasteiger partial charge in [-0.05, 0) is 31.4 Å². The van der Waals surface area contributed by atoms with Gasteiger partial charge in [-0.25, -0.2) is 0 Å². The van der Waals surface area contributed by atoms with Gasteiger partial charge in [0.05, 0.1) is 12.2 Å². The fraction of sp³-hybridized carbons (Fsp3) is 0.583. The number of aromatic nitrogens is 2. The van der Waals surface area contributed by atoms with E-state index >= 15 is 0 Å². The Kier molecular flexibility index (Phi) is 4.44. The van der Waals surface area contributed by atoms with Gasteiger partial charge in [0, 0.05) is 25.8 Å². The first kappa shape index (κ1) is 12.0. The Morgan fingerprint density at radius 1 is 1.35 bits per heavy atom. The smallest absolute Gasteiger partial charge is 0.236 e. The zero-order valence-electron chi connectivity index (χ0n) is 9.93. The molecule has 17 heavy (non-hydrogen) atoms. The van der Waals surface area contributed by atoms with Crippen molar-refractivity contribution in [2.45, 2.75) is 25.8 Å². The van der Waals surface area contributed by atoms with Crippen LogP contribution in [0.5, 0.6) is 0 Å². The summed E-state index contributed by atoms with van der Waals surface area (Å²) in [6, 6.07) is 3.74. The predicted molar refractivity (Wildman–Crippen MR) is 64.2 cm³/mol. The average Bonchev–Trinajstić information content (AvgIpc) is 2.41.